The smallest absolute Gasteiger partial charge is 0.350 e. The van der Waals surface area contributed by atoms with Gasteiger partial charge in [0.2, 0.25) is 5.91 Å². The number of piperazine rings is 1. The minimum absolute atomic E-state index is 0.00855. The van der Waals surface area contributed by atoms with Gasteiger partial charge in [-0.2, -0.15) is 4.98 Å². The number of halogens is 3. The monoisotopic (exact) mass is 642 g/mol. The van der Waals surface area contributed by atoms with Crippen molar-refractivity contribution in [2.45, 2.75) is 36.0 Å². The van der Waals surface area contributed by atoms with Crippen LogP contribution in [0.1, 0.15) is 19.8 Å². The minimum atomic E-state index is -3.79. The van der Waals surface area contributed by atoms with Gasteiger partial charge in [-0.05, 0) is 50.1 Å². The molecule has 4 aromatic rings. The number of fused-ring (bicyclic) bond motifs is 1. The Balaban J connectivity index is 1.64. The Morgan fingerprint density at radius 2 is 1.91 bits per heavy atom. The zero-order valence-corrected chi connectivity index (χ0v) is 25.2. The number of hydrogen-bond acceptors (Lipinski definition) is 8. The van der Waals surface area contributed by atoms with Crippen LogP contribution in [0.3, 0.4) is 0 Å². The Bertz CT molecular complexity index is 1960. The van der Waals surface area contributed by atoms with E-state index in [-0.39, 0.29) is 55.3 Å². The highest BCUT2D eigenvalue weighted by molar-refractivity contribution is 7.92. The van der Waals surface area contributed by atoms with E-state index in [1.165, 1.54) is 48.8 Å². The zero-order chi connectivity index (χ0) is 30.6. The van der Waals surface area contributed by atoms with Crippen LogP contribution >= 0.6 is 23.2 Å². The molecule has 43 heavy (non-hydrogen) atoms. The molecule has 14 heteroatoms. The Morgan fingerprint density at radius 3 is 2.58 bits per heavy atom. The van der Waals surface area contributed by atoms with Crippen LogP contribution in [0.15, 0.2) is 65.1 Å². The van der Waals surface area contributed by atoms with E-state index in [1.54, 1.807) is 4.90 Å². The summed E-state index contributed by atoms with van der Waals surface area (Å²) < 4.78 is 43.0. The van der Waals surface area contributed by atoms with Crippen LogP contribution in [0.5, 0.6) is 0 Å². The van der Waals surface area contributed by atoms with Gasteiger partial charge in [0, 0.05) is 31.9 Å². The largest absolute Gasteiger partial charge is 0.355 e. The molecule has 0 N–H and O–H groups in total. The second kappa shape index (κ2) is 11.0. The van der Waals surface area contributed by atoms with Crippen molar-refractivity contribution in [3.05, 3.63) is 81.7 Å². The zero-order valence-electron chi connectivity index (χ0n) is 22.9. The summed E-state index contributed by atoms with van der Waals surface area (Å²) in [6.45, 7) is 6.45. The fraction of sp³-hybridized carbons (Fsp3) is 0.276. The molecule has 222 valence electrons. The average Bonchev–Trinajstić information content (AvgIpc) is 3.84. The number of pyridine rings is 2. The summed E-state index contributed by atoms with van der Waals surface area (Å²) in [6, 6.07) is 6.73. The number of aromatic nitrogens is 4. The molecule has 0 radical (unpaired) electrons. The van der Waals surface area contributed by atoms with Crippen molar-refractivity contribution in [2.75, 3.05) is 24.5 Å². The Morgan fingerprint density at radius 1 is 1.14 bits per heavy atom. The molecule has 2 aliphatic rings. The number of carbonyl (C=O) groups is 1. The Kier molecular flexibility index (Phi) is 7.47. The highest BCUT2D eigenvalue weighted by atomic mass is 35.5. The van der Waals surface area contributed by atoms with Crippen LogP contribution in [0.4, 0.5) is 10.2 Å². The quantitative estimate of drug-likeness (QED) is 0.283. The summed E-state index contributed by atoms with van der Waals surface area (Å²) in [5.74, 6) is -0.651. The van der Waals surface area contributed by atoms with Gasteiger partial charge in [0.1, 0.15) is 11.6 Å². The standard InChI is InChI=1S/C29H25Cl2FN6O4S/c1-3-24(39)36-11-12-37(16(2)15-36)27-18-13-20(31)26(25-19(30)5-4-6-21(25)32)34-28(18)38(29(40)35-27)22-14-33-10-9-23(22)43(41,42)17-7-8-17/h3-6,9-10,13-14,16-17H,1,7-8,11-12,15H2,2H3/t16-/m0/s1. The maximum atomic E-state index is 15.1. The molecule has 0 bridgehead atoms. The highest BCUT2D eigenvalue weighted by Gasteiger charge is 2.39. The number of anilines is 1. The molecule has 3 aromatic heterocycles. The molecule has 1 aliphatic heterocycles. The van der Waals surface area contributed by atoms with Crippen molar-refractivity contribution in [3.63, 3.8) is 0 Å². The van der Waals surface area contributed by atoms with Gasteiger partial charge < -0.3 is 9.80 Å². The number of rotatable bonds is 6. The fourth-order valence-corrected chi connectivity index (χ4v) is 7.68. The third kappa shape index (κ3) is 5.07. The summed E-state index contributed by atoms with van der Waals surface area (Å²) in [5.41, 5.74) is -0.966. The topological polar surface area (TPSA) is 118 Å². The maximum Gasteiger partial charge on any atom is 0.355 e. The van der Waals surface area contributed by atoms with Gasteiger partial charge >= 0.3 is 5.69 Å². The van der Waals surface area contributed by atoms with Crippen LogP contribution in [0.2, 0.25) is 10.0 Å². The van der Waals surface area contributed by atoms with Crippen LogP contribution in [-0.2, 0) is 14.6 Å². The Hall–Kier alpha value is -3.87. The number of nitrogens with zero attached hydrogens (tertiary/aromatic N) is 6. The van der Waals surface area contributed by atoms with Gasteiger partial charge in [-0.1, -0.05) is 35.8 Å². The molecule has 1 saturated heterocycles. The molecule has 0 spiro atoms. The predicted molar refractivity (Wildman–Crippen MR) is 162 cm³/mol. The van der Waals surface area contributed by atoms with E-state index in [0.29, 0.717) is 37.9 Å². The predicted octanol–water partition coefficient (Wildman–Crippen LogP) is 4.45. The lowest BCUT2D eigenvalue weighted by atomic mass is 10.1. The lowest BCUT2D eigenvalue weighted by Crippen LogP contribution is -2.54. The maximum absolute atomic E-state index is 15.1. The molecule has 1 aromatic carbocycles. The number of amides is 1. The van der Waals surface area contributed by atoms with Gasteiger partial charge in [-0.3, -0.25) is 9.78 Å². The van der Waals surface area contributed by atoms with Crippen molar-refractivity contribution in [2.24, 2.45) is 0 Å². The third-order valence-electron chi connectivity index (χ3n) is 7.66. The Labute approximate surface area is 256 Å². The van der Waals surface area contributed by atoms with E-state index < -0.39 is 26.6 Å². The van der Waals surface area contributed by atoms with E-state index in [2.05, 4.69) is 21.5 Å². The van der Waals surface area contributed by atoms with Gasteiger partial charge in [0.15, 0.2) is 15.5 Å². The molecule has 1 atom stereocenters. The van der Waals surface area contributed by atoms with Gasteiger partial charge in [0.25, 0.3) is 0 Å². The first kappa shape index (κ1) is 29.2. The van der Waals surface area contributed by atoms with E-state index in [4.69, 9.17) is 23.2 Å². The van der Waals surface area contributed by atoms with Crippen LogP contribution in [0, 0.1) is 5.82 Å². The molecule has 1 amide bonds. The normalized spacial score (nSPS) is 17.3. The van der Waals surface area contributed by atoms with Crippen LogP contribution in [-0.4, -0.2) is 69.7 Å². The molecule has 2 fully saturated rings. The van der Waals surface area contributed by atoms with Crippen molar-refractivity contribution < 1.29 is 17.6 Å². The van der Waals surface area contributed by atoms with E-state index >= 15 is 4.39 Å². The molecule has 1 saturated carbocycles. The van der Waals surface area contributed by atoms with Crippen molar-refractivity contribution in [3.8, 4) is 16.9 Å². The first-order valence-corrected chi connectivity index (χ1v) is 15.8. The third-order valence-corrected chi connectivity index (χ3v) is 10.6. The van der Waals surface area contributed by atoms with Crippen molar-refractivity contribution in [1.82, 2.24) is 24.4 Å². The summed E-state index contributed by atoms with van der Waals surface area (Å²) in [5, 5.41) is -0.159. The lowest BCUT2D eigenvalue weighted by Gasteiger charge is -2.40. The summed E-state index contributed by atoms with van der Waals surface area (Å²) in [4.78, 5) is 42.7. The molecule has 6 rings (SSSR count). The first-order chi connectivity index (χ1) is 20.5. The number of sulfone groups is 1. The summed E-state index contributed by atoms with van der Waals surface area (Å²) >= 11 is 13.1. The average molecular weight is 644 g/mol. The van der Waals surface area contributed by atoms with E-state index in [0.717, 1.165) is 4.57 Å². The fourth-order valence-electron chi connectivity index (χ4n) is 5.38. The molecule has 4 heterocycles. The lowest BCUT2D eigenvalue weighted by molar-refractivity contribution is -0.126. The van der Waals surface area contributed by atoms with Gasteiger partial charge in [0.05, 0.1) is 48.7 Å². The van der Waals surface area contributed by atoms with Gasteiger partial charge in [-0.15, -0.1) is 0 Å². The summed E-state index contributed by atoms with van der Waals surface area (Å²) in [7, 11) is -3.79. The number of benzene rings is 1. The highest BCUT2D eigenvalue weighted by Crippen LogP contribution is 2.39. The number of hydrogen-bond donors (Lipinski definition) is 0. The van der Waals surface area contributed by atoms with Gasteiger partial charge in [-0.25, -0.2) is 27.2 Å². The summed E-state index contributed by atoms with van der Waals surface area (Å²) in [6.07, 6.45) is 4.88. The second-order valence-electron chi connectivity index (χ2n) is 10.5. The molecular weight excluding hydrogens is 618 g/mol. The molecular formula is C29H25Cl2FN6O4S. The SMILES string of the molecule is C=CC(=O)N1CCN(c2nc(=O)n(-c3cnccc3S(=O)(=O)C3CC3)c3nc(-c4c(F)cccc4Cl)c(Cl)cc23)[C@@H](C)C1. The molecule has 1 aliphatic carbocycles. The van der Waals surface area contributed by atoms with Crippen molar-refractivity contribution >= 4 is 55.8 Å². The second-order valence-corrected chi connectivity index (χ2v) is 13.5. The van der Waals surface area contributed by atoms with Crippen molar-refractivity contribution in [1.29, 1.82) is 0 Å². The molecule has 10 nitrogen and oxygen atoms in total. The van der Waals surface area contributed by atoms with E-state index in [1.807, 2.05) is 11.8 Å². The molecule has 0 unspecified atom stereocenters. The first-order valence-electron chi connectivity index (χ1n) is 13.5. The van der Waals surface area contributed by atoms with Crippen LogP contribution in [0.25, 0.3) is 28.0 Å². The minimum Gasteiger partial charge on any atom is -0.350 e. The van der Waals surface area contributed by atoms with Crippen LogP contribution < -0.4 is 10.6 Å². The van der Waals surface area contributed by atoms with E-state index in [9.17, 15) is 18.0 Å². The number of carbonyl (C=O) groups excluding carboxylic acids is 1.